The molecule has 3 aromatic rings. The summed E-state index contributed by atoms with van der Waals surface area (Å²) < 4.78 is 36.9. The van der Waals surface area contributed by atoms with E-state index in [0.29, 0.717) is 23.5 Å². The first-order valence-electron chi connectivity index (χ1n) is 9.44. The summed E-state index contributed by atoms with van der Waals surface area (Å²) in [5.41, 5.74) is 1.18. The van der Waals surface area contributed by atoms with E-state index in [0.717, 1.165) is 16.5 Å². The predicted octanol–water partition coefficient (Wildman–Crippen LogP) is 2.67. The third-order valence-electron chi connectivity index (χ3n) is 4.43. The van der Waals surface area contributed by atoms with Crippen molar-refractivity contribution in [3.8, 4) is 0 Å². The Hall–Kier alpha value is -2.82. The largest absolute Gasteiger partial charge is 0.462 e. The number of aromatic nitrogens is 1. The fourth-order valence-corrected chi connectivity index (χ4v) is 4.99. The molecule has 0 spiro atoms. The Bertz CT molecular complexity index is 1300. The molecule has 0 N–H and O–H groups in total. The van der Waals surface area contributed by atoms with Crippen LogP contribution in [-0.4, -0.2) is 51.4 Å². The highest BCUT2D eigenvalue weighted by Crippen LogP contribution is 2.21. The summed E-state index contributed by atoms with van der Waals surface area (Å²) in [6, 6.07) is 11.1. The SMILES string of the molecule is CCOC(=O)c1ccc2c(c1)sc(=NC(=O)c1ccccc1S(C)(=O)=O)n2CCOC. The normalized spacial score (nSPS) is 12.3. The third-order valence-corrected chi connectivity index (χ3v) is 6.62. The summed E-state index contributed by atoms with van der Waals surface area (Å²) in [4.78, 5) is 29.5. The molecule has 8 nitrogen and oxygen atoms in total. The molecule has 1 aromatic heterocycles. The van der Waals surface area contributed by atoms with E-state index in [2.05, 4.69) is 4.99 Å². The van der Waals surface area contributed by atoms with Crippen LogP contribution in [0.25, 0.3) is 10.2 Å². The van der Waals surface area contributed by atoms with E-state index >= 15 is 0 Å². The Morgan fingerprint density at radius 3 is 2.58 bits per heavy atom. The van der Waals surface area contributed by atoms with Crippen molar-refractivity contribution in [3.63, 3.8) is 0 Å². The van der Waals surface area contributed by atoms with E-state index in [4.69, 9.17) is 9.47 Å². The molecule has 0 bridgehead atoms. The molecule has 0 fully saturated rings. The summed E-state index contributed by atoms with van der Waals surface area (Å²) in [7, 11) is -2.03. The van der Waals surface area contributed by atoms with Crippen LogP contribution in [0.4, 0.5) is 0 Å². The van der Waals surface area contributed by atoms with E-state index in [1.54, 1.807) is 48.9 Å². The van der Waals surface area contributed by atoms with Crippen LogP contribution in [0.3, 0.4) is 0 Å². The van der Waals surface area contributed by atoms with Crippen molar-refractivity contribution >= 4 is 43.3 Å². The maximum atomic E-state index is 12.9. The van der Waals surface area contributed by atoms with E-state index in [1.807, 2.05) is 0 Å². The number of nitrogens with zero attached hydrogens (tertiary/aromatic N) is 2. The molecule has 31 heavy (non-hydrogen) atoms. The summed E-state index contributed by atoms with van der Waals surface area (Å²) in [6.07, 6.45) is 1.05. The van der Waals surface area contributed by atoms with Gasteiger partial charge in [0.1, 0.15) is 0 Å². The van der Waals surface area contributed by atoms with E-state index in [-0.39, 0.29) is 17.1 Å². The molecule has 1 heterocycles. The first kappa shape index (κ1) is 22.9. The Balaban J connectivity index is 2.15. The second-order valence-corrected chi connectivity index (χ2v) is 9.61. The number of ether oxygens (including phenoxy) is 2. The molecule has 164 valence electrons. The molecular weight excluding hydrogens is 440 g/mol. The van der Waals surface area contributed by atoms with Gasteiger partial charge in [-0.25, -0.2) is 13.2 Å². The van der Waals surface area contributed by atoms with Gasteiger partial charge in [-0.15, -0.1) is 0 Å². The number of hydrogen-bond donors (Lipinski definition) is 0. The van der Waals surface area contributed by atoms with Crippen molar-refractivity contribution in [2.75, 3.05) is 26.6 Å². The van der Waals surface area contributed by atoms with Crippen LogP contribution in [0, 0.1) is 0 Å². The zero-order valence-electron chi connectivity index (χ0n) is 17.3. The van der Waals surface area contributed by atoms with Gasteiger partial charge in [-0.2, -0.15) is 4.99 Å². The molecular formula is C21H22N2O6S2. The highest BCUT2D eigenvalue weighted by molar-refractivity contribution is 7.90. The number of fused-ring (bicyclic) bond motifs is 1. The maximum Gasteiger partial charge on any atom is 0.338 e. The number of rotatable bonds is 7. The minimum Gasteiger partial charge on any atom is -0.462 e. The Morgan fingerprint density at radius 1 is 1.16 bits per heavy atom. The number of hydrogen-bond acceptors (Lipinski definition) is 7. The Labute approximate surface area is 183 Å². The Morgan fingerprint density at radius 2 is 1.90 bits per heavy atom. The first-order valence-corrected chi connectivity index (χ1v) is 12.1. The second kappa shape index (κ2) is 9.54. The molecule has 10 heteroatoms. The van der Waals surface area contributed by atoms with Gasteiger partial charge in [-0.3, -0.25) is 4.79 Å². The van der Waals surface area contributed by atoms with Crippen molar-refractivity contribution < 1.29 is 27.5 Å². The first-order chi connectivity index (χ1) is 14.8. The van der Waals surface area contributed by atoms with Crippen LogP contribution in [0.15, 0.2) is 52.4 Å². The van der Waals surface area contributed by atoms with Crippen molar-refractivity contribution in [3.05, 3.63) is 58.4 Å². The lowest BCUT2D eigenvalue weighted by molar-refractivity contribution is 0.0526. The highest BCUT2D eigenvalue weighted by atomic mass is 32.2. The monoisotopic (exact) mass is 462 g/mol. The van der Waals surface area contributed by atoms with Gasteiger partial charge in [0.15, 0.2) is 14.6 Å². The number of sulfone groups is 1. The van der Waals surface area contributed by atoms with Gasteiger partial charge in [0.2, 0.25) is 0 Å². The average molecular weight is 463 g/mol. The van der Waals surface area contributed by atoms with Gasteiger partial charge in [0.05, 0.1) is 39.5 Å². The molecule has 0 radical (unpaired) electrons. The smallest absolute Gasteiger partial charge is 0.338 e. The van der Waals surface area contributed by atoms with E-state index in [1.165, 1.54) is 23.5 Å². The Kier molecular flexibility index (Phi) is 7.04. The quantitative estimate of drug-likeness (QED) is 0.500. The van der Waals surface area contributed by atoms with Crippen molar-refractivity contribution in [1.29, 1.82) is 0 Å². The van der Waals surface area contributed by atoms with Gasteiger partial charge in [0.25, 0.3) is 5.91 Å². The zero-order chi connectivity index (χ0) is 22.6. The van der Waals surface area contributed by atoms with Gasteiger partial charge in [0, 0.05) is 19.9 Å². The number of carbonyl (C=O) groups excluding carboxylic acids is 2. The molecule has 3 rings (SSSR count). The molecule has 0 aliphatic heterocycles. The van der Waals surface area contributed by atoms with Gasteiger partial charge in [-0.05, 0) is 37.3 Å². The number of benzene rings is 2. The van der Waals surface area contributed by atoms with Crippen LogP contribution in [0.1, 0.15) is 27.6 Å². The topological polar surface area (TPSA) is 104 Å². The number of amides is 1. The number of carbonyl (C=O) groups is 2. The van der Waals surface area contributed by atoms with Crippen molar-refractivity contribution in [1.82, 2.24) is 4.57 Å². The lowest BCUT2D eigenvalue weighted by Gasteiger charge is -2.06. The fraction of sp³-hybridized carbons (Fsp3) is 0.286. The summed E-state index contributed by atoms with van der Waals surface area (Å²) in [6.45, 7) is 2.81. The highest BCUT2D eigenvalue weighted by Gasteiger charge is 2.19. The molecule has 0 saturated carbocycles. The number of thiazole rings is 1. The summed E-state index contributed by atoms with van der Waals surface area (Å²) in [5, 5.41) is 0. The van der Waals surface area contributed by atoms with Crippen molar-refractivity contribution in [2.45, 2.75) is 18.4 Å². The summed E-state index contributed by atoms with van der Waals surface area (Å²) in [5.74, 6) is -1.10. The van der Waals surface area contributed by atoms with Crippen LogP contribution < -0.4 is 4.80 Å². The van der Waals surface area contributed by atoms with E-state index < -0.39 is 21.7 Å². The third kappa shape index (κ3) is 5.09. The second-order valence-electron chi connectivity index (χ2n) is 6.62. The van der Waals surface area contributed by atoms with Gasteiger partial charge < -0.3 is 14.0 Å². The number of esters is 1. The van der Waals surface area contributed by atoms with Crippen LogP contribution in [-0.2, 0) is 25.9 Å². The molecule has 0 aliphatic carbocycles. The lowest BCUT2D eigenvalue weighted by Crippen LogP contribution is -2.20. The molecule has 0 aliphatic rings. The van der Waals surface area contributed by atoms with Crippen molar-refractivity contribution in [2.24, 2.45) is 4.99 Å². The van der Waals surface area contributed by atoms with Crippen LogP contribution >= 0.6 is 11.3 Å². The molecule has 0 saturated heterocycles. The fourth-order valence-electron chi connectivity index (χ4n) is 3.01. The predicted molar refractivity (Wildman–Crippen MR) is 117 cm³/mol. The molecule has 0 atom stereocenters. The lowest BCUT2D eigenvalue weighted by atomic mass is 10.2. The minimum atomic E-state index is -3.60. The standard InChI is InChI=1S/C21H22N2O6S2/c1-4-29-20(25)14-9-10-16-17(13-14)30-21(23(16)11-12-28-2)22-19(24)15-7-5-6-8-18(15)31(3,26)27/h5-10,13H,4,11-12H2,1-3H3. The molecule has 2 aromatic carbocycles. The maximum absolute atomic E-state index is 12.9. The van der Waals surface area contributed by atoms with Gasteiger partial charge >= 0.3 is 5.97 Å². The summed E-state index contributed by atoms with van der Waals surface area (Å²) >= 11 is 1.22. The zero-order valence-corrected chi connectivity index (χ0v) is 19.0. The van der Waals surface area contributed by atoms with E-state index in [9.17, 15) is 18.0 Å². The van der Waals surface area contributed by atoms with Crippen LogP contribution in [0.5, 0.6) is 0 Å². The molecule has 1 amide bonds. The average Bonchev–Trinajstić information content (AvgIpc) is 3.07. The molecule has 0 unspecified atom stereocenters. The number of methoxy groups -OCH3 is 1. The minimum absolute atomic E-state index is 0.00737. The van der Waals surface area contributed by atoms with Gasteiger partial charge in [-0.1, -0.05) is 23.5 Å². The van der Waals surface area contributed by atoms with Crippen LogP contribution in [0.2, 0.25) is 0 Å².